The normalized spacial score (nSPS) is 11.7. The van der Waals surface area contributed by atoms with Crippen LogP contribution in [0.4, 0.5) is 5.69 Å². The lowest BCUT2D eigenvalue weighted by molar-refractivity contribution is -0.116. The predicted molar refractivity (Wildman–Crippen MR) is 90.5 cm³/mol. The Labute approximate surface area is 133 Å². The van der Waals surface area contributed by atoms with E-state index in [2.05, 4.69) is 11.9 Å². The molecule has 0 bridgehead atoms. The van der Waals surface area contributed by atoms with E-state index in [1.165, 1.54) is 6.08 Å². The summed E-state index contributed by atoms with van der Waals surface area (Å²) in [4.78, 5) is 12.2. The number of hydrogen-bond acceptors (Lipinski definition) is 3. The summed E-state index contributed by atoms with van der Waals surface area (Å²) in [6, 6.07) is 5.83. The molecule has 0 fully saturated rings. The second-order valence-corrected chi connectivity index (χ2v) is 7.57. The van der Waals surface area contributed by atoms with Crippen LogP contribution in [0.25, 0.3) is 0 Å². The number of benzene rings is 1. The largest absolute Gasteiger partial charge is 0.324 e. The molecule has 0 radical (unpaired) electrons. The summed E-state index contributed by atoms with van der Waals surface area (Å²) in [5.74, 6) is -0.0992. The van der Waals surface area contributed by atoms with Crippen molar-refractivity contribution in [1.29, 1.82) is 0 Å². The van der Waals surface area contributed by atoms with Crippen molar-refractivity contribution < 1.29 is 13.2 Å². The van der Waals surface area contributed by atoms with E-state index in [0.29, 0.717) is 0 Å². The quantitative estimate of drug-likeness (QED) is 0.784. The van der Waals surface area contributed by atoms with Gasteiger partial charge >= 0.3 is 0 Å². The third-order valence-electron chi connectivity index (χ3n) is 3.31. The highest BCUT2D eigenvalue weighted by atomic mass is 32.2. The van der Waals surface area contributed by atoms with Crippen LogP contribution in [0.5, 0.6) is 0 Å². The maximum atomic E-state index is 12.2. The number of hydrogen-bond donors (Lipinski definition) is 1. The average Bonchev–Trinajstić information content (AvgIpc) is 2.39. The second-order valence-electron chi connectivity index (χ2n) is 5.59. The highest BCUT2D eigenvalue weighted by Gasteiger charge is 2.20. The van der Waals surface area contributed by atoms with E-state index in [0.717, 1.165) is 27.4 Å². The molecular weight excluding hydrogens is 300 g/mol. The predicted octanol–water partition coefficient (Wildman–Crippen LogP) is 2.50. The fraction of sp³-hybridized carbons (Fsp3) is 0.438. The molecule has 1 rings (SSSR count). The number of aryl methyl sites for hydroxylation is 1. The van der Waals surface area contributed by atoms with Gasteiger partial charge in [-0.1, -0.05) is 38.1 Å². The van der Waals surface area contributed by atoms with Crippen molar-refractivity contribution in [2.45, 2.75) is 26.7 Å². The van der Waals surface area contributed by atoms with Crippen molar-refractivity contribution in [3.05, 3.63) is 42.0 Å². The Morgan fingerprint density at radius 1 is 1.41 bits per heavy atom. The summed E-state index contributed by atoms with van der Waals surface area (Å²) in [6.07, 6.45) is 2.54. The van der Waals surface area contributed by atoms with Gasteiger partial charge in [0, 0.05) is 12.2 Å². The number of rotatable bonds is 7. The highest BCUT2D eigenvalue weighted by Crippen LogP contribution is 2.27. The zero-order valence-electron chi connectivity index (χ0n) is 13.6. The molecule has 1 aromatic rings. The minimum atomic E-state index is -3.45. The first-order chi connectivity index (χ1) is 10.2. The third kappa shape index (κ3) is 4.96. The molecule has 0 aliphatic carbocycles. The van der Waals surface area contributed by atoms with E-state index in [-0.39, 0.29) is 24.9 Å². The summed E-state index contributed by atoms with van der Waals surface area (Å²) in [5, 5.41) is 2.84. The van der Waals surface area contributed by atoms with Gasteiger partial charge in [0.1, 0.15) is 0 Å². The summed E-state index contributed by atoms with van der Waals surface area (Å²) >= 11 is 0. The Bertz CT molecular complexity index is 651. The Morgan fingerprint density at radius 3 is 2.55 bits per heavy atom. The molecule has 0 aliphatic rings. The maximum Gasteiger partial charge on any atom is 0.239 e. The lowest BCUT2D eigenvalue weighted by Gasteiger charge is -2.20. The van der Waals surface area contributed by atoms with E-state index in [1.54, 1.807) is 0 Å². The van der Waals surface area contributed by atoms with Crippen molar-refractivity contribution in [2.24, 2.45) is 0 Å². The van der Waals surface area contributed by atoms with Crippen LogP contribution in [0.2, 0.25) is 0 Å². The van der Waals surface area contributed by atoms with E-state index in [4.69, 9.17) is 0 Å². The van der Waals surface area contributed by atoms with Gasteiger partial charge in [0.25, 0.3) is 0 Å². The van der Waals surface area contributed by atoms with Gasteiger partial charge < -0.3 is 5.32 Å². The van der Waals surface area contributed by atoms with Crippen LogP contribution in [0.3, 0.4) is 0 Å². The number of nitrogens with zero attached hydrogens (tertiary/aromatic N) is 1. The number of anilines is 1. The lowest BCUT2D eigenvalue weighted by atomic mass is 9.98. The van der Waals surface area contributed by atoms with E-state index in [9.17, 15) is 13.2 Å². The van der Waals surface area contributed by atoms with Crippen LogP contribution >= 0.6 is 0 Å². The van der Waals surface area contributed by atoms with Crippen molar-refractivity contribution in [3.8, 4) is 0 Å². The Morgan fingerprint density at radius 2 is 2.05 bits per heavy atom. The first kappa shape index (κ1) is 18.4. The molecule has 0 spiro atoms. The zero-order chi connectivity index (χ0) is 16.9. The summed E-state index contributed by atoms with van der Waals surface area (Å²) in [5.41, 5.74) is 2.74. The minimum absolute atomic E-state index is 0.108. The molecule has 5 nitrogen and oxygen atoms in total. The second kappa shape index (κ2) is 7.56. The number of amides is 1. The first-order valence-corrected chi connectivity index (χ1v) is 8.97. The molecule has 122 valence electrons. The topological polar surface area (TPSA) is 66.5 Å². The molecule has 0 heterocycles. The molecule has 0 atom stereocenters. The molecule has 1 aromatic carbocycles. The molecule has 0 unspecified atom stereocenters. The Kier molecular flexibility index (Phi) is 6.32. The van der Waals surface area contributed by atoms with Crippen molar-refractivity contribution in [3.63, 3.8) is 0 Å². The monoisotopic (exact) mass is 324 g/mol. The fourth-order valence-electron chi connectivity index (χ4n) is 2.14. The van der Waals surface area contributed by atoms with Gasteiger partial charge in [0.15, 0.2) is 0 Å². The first-order valence-electron chi connectivity index (χ1n) is 7.12. The van der Waals surface area contributed by atoms with Gasteiger partial charge in [-0.25, -0.2) is 8.42 Å². The van der Waals surface area contributed by atoms with Gasteiger partial charge in [-0.05, 0) is 24.0 Å². The minimum Gasteiger partial charge on any atom is -0.324 e. The van der Waals surface area contributed by atoms with Gasteiger partial charge in [0.2, 0.25) is 15.9 Å². The van der Waals surface area contributed by atoms with Crippen LogP contribution in [0, 0.1) is 6.92 Å². The summed E-state index contributed by atoms with van der Waals surface area (Å²) in [6.45, 7) is 9.41. The van der Waals surface area contributed by atoms with E-state index >= 15 is 0 Å². The maximum absolute atomic E-state index is 12.2. The van der Waals surface area contributed by atoms with Gasteiger partial charge in [-0.3, -0.25) is 4.79 Å². The van der Waals surface area contributed by atoms with E-state index < -0.39 is 10.0 Å². The molecular formula is C16H24N2O3S. The molecule has 0 saturated heterocycles. The third-order valence-corrected chi connectivity index (χ3v) is 4.53. The van der Waals surface area contributed by atoms with Crippen LogP contribution in [0.15, 0.2) is 30.9 Å². The van der Waals surface area contributed by atoms with Gasteiger partial charge in [0.05, 0.1) is 12.8 Å². The van der Waals surface area contributed by atoms with Crippen LogP contribution in [-0.2, 0) is 14.8 Å². The van der Waals surface area contributed by atoms with Gasteiger partial charge in [-0.15, -0.1) is 6.58 Å². The molecule has 0 saturated carbocycles. The Hall–Kier alpha value is -1.66. The van der Waals surface area contributed by atoms with Crippen molar-refractivity contribution in [2.75, 3.05) is 24.7 Å². The molecule has 0 aromatic heterocycles. The smallest absolute Gasteiger partial charge is 0.239 e. The SMILES string of the molecule is C=CCN(CC(=O)Nc1c(C)cccc1C(C)C)S(C)(=O)=O. The molecule has 0 aliphatic heterocycles. The number of carbonyl (C=O) groups is 1. The molecule has 1 amide bonds. The number of para-hydroxylation sites is 1. The Balaban J connectivity index is 2.96. The highest BCUT2D eigenvalue weighted by molar-refractivity contribution is 7.88. The number of nitrogens with one attached hydrogen (secondary N) is 1. The van der Waals surface area contributed by atoms with Gasteiger partial charge in [-0.2, -0.15) is 4.31 Å². The van der Waals surface area contributed by atoms with Crippen LogP contribution in [-0.4, -0.2) is 38.0 Å². The van der Waals surface area contributed by atoms with Crippen LogP contribution in [0.1, 0.15) is 30.9 Å². The number of carbonyl (C=O) groups excluding carboxylic acids is 1. The standard InChI is InChI=1S/C16H24N2O3S/c1-6-10-18(22(5,20)21)11-15(19)17-16-13(4)8-7-9-14(16)12(2)3/h6-9,12H,1,10-11H2,2-5H3,(H,17,19). The summed E-state index contributed by atoms with van der Waals surface area (Å²) < 4.78 is 24.4. The molecule has 22 heavy (non-hydrogen) atoms. The fourth-order valence-corrected chi connectivity index (χ4v) is 2.87. The number of sulfonamides is 1. The molecule has 1 N–H and O–H groups in total. The zero-order valence-corrected chi connectivity index (χ0v) is 14.4. The van der Waals surface area contributed by atoms with Crippen LogP contribution < -0.4 is 5.32 Å². The van der Waals surface area contributed by atoms with E-state index in [1.807, 2.05) is 39.0 Å². The average molecular weight is 324 g/mol. The lowest BCUT2D eigenvalue weighted by Crippen LogP contribution is -2.37. The molecule has 6 heteroatoms. The van der Waals surface area contributed by atoms with Crippen molar-refractivity contribution in [1.82, 2.24) is 4.31 Å². The summed E-state index contributed by atoms with van der Waals surface area (Å²) in [7, 11) is -3.45. The van der Waals surface area contributed by atoms with Crippen molar-refractivity contribution >= 4 is 21.6 Å².